The number of amides is 1. The SMILES string of the molecule is Cl.O=C(Nc1ccc(-c2nccs2)cc1)C1COCCN1. The van der Waals surface area contributed by atoms with Gasteiger partial charge >= 0.3 is 0 Å². The molecular formula is C14H16ClN3O2S. The molecule has 7 heteroatoms. The van der Waals surface area contributed by atoms with Crippen molar-refractivity contribution in [3.05, 3.63) is 35.8 Å². The maximum atomic E-state index is 12.0. The second kappa shape index (κ2) is 7.51. The maximum absolute atomic E-state index is 12.0. The second-order valence-electron chi connectivity index (χ2n) is 4.49. The second-order valence-corrected chi connectivity index (χ2v) is 5.38. The lowest BCUT2D eigenvalue weighted by Crippen LogP contribution is -2.48. The number of rotatable bonds is 3. The van der Waals surface area contributed by atoms with Crippen molar-refractivity contribution in [2.45, 2.75) is 6.04 Å². The van der Waals surface area contributed by atoms with Gasteiger partial charge in [0.1, 0.15) is 11.0 Å². The van der Waals surface area contributed by atoms with Gasteiger partial charge in [-0.2, -0.15) is 0 Å². The van der Waals surface area contributed by atoms with Gasteiger partial charge in [-0.3, -0.25) is 4.79 Å². The van der Waals surface area contributed by atoms with Crippen LogP contribution in [-0.2, 0) is 9.53 Å². The lowest BCUT2D eigenvalue weighted by atomic mass is 10.2. The summed E-state index contributed by atoms with van der Waals surface area (Å²) in [5.41, 5.74) is 1.83. The van der Waals surface area contributed by atoms with Crippen LogP contribution in [0, 0.1) is 0 Å². The first-order valence-corrected chi connectivity index (χ1v) is 7.33. The summed E-state index contributed by atoms with van der Waals surface area (Å²) in [6.07, 6.45) is 1.78. The summed E-state index contributed by atoms with van der Waals surface area (Å²) >= 11 is 1.59. The monoisotopic (exact) mass is 325 g/mol. The van der Waals surface area contributed by atoms with Crippen LogP contribution in [0.15, 0.2) is 35.8 Å². The third-order valence-corrected chi connectivity index (χ3v) is 3.89. The molecule has 1 atom stereocenters. The summed E-state index contributed by atoms with van der Waals surface area (Å²) in [5.74, 6) is -0.0632. The van der Waals surface area contributed by atoms with Crippen LogP contribution in [0.4, 0.5) is 5.69 Å². The molecular weight excluding hydrogens is 310 g/mol. The zero-order chi connectivity index (χ0) is 13.8. The van der Waals surface area contributed by atoms with Crippen LogP contribution in [0.1, 0.15) is 0 Å². The molecule has 0 radical (unpaired) electrons. The summed E-state index contributed by atoms with van der Waals surface area (Å²) in [5, 5.41) is 8.93. The quantitative estimate of drug-likeness (QED) is 0.907. The number of nitrogens with one attached hydrogen (secondary N) is 2. The van der Waals surface area contributed by atoms with E-state index >= 15 is 0 Å². The fourth-order valence-electron chi connectivity index (χ4n) is 2.03. The average Bonchev–Trinajstić information content (AvgIpc) is 3.03. The normalized spacial score (nSPS) is 17.8. The predicted octanol–water partition coefficient (Wildman–Crippen LogP) is 2.16. The van der Waals surface area contributed by atoms with E-state index in [1.165, 1.54) is 0 Å². The van der Waals surface area contributed by atoms with Crippen molar-refractivity contribution < 1.29 is 9.53 Å². The Hall–Kier alpha value is -1.47. The van der Waals surface area contributed by atoms with Crippen LogP contribution in [0.3, 0.4) is 0 Å². The predicted molar refractivity (Wildman–Crippen MR) is 86.0 cm³/mol. The van der Waals surface area contributed by atoms with Crippen LogP contribution in [0.2, 0.25) is 0 Å². The molecule has 0 aliphatic carbocycles. The van der Waals surface area contributed by atoms with E-state index in [0.29, 0.717) is 19.8 Å². The molecule has 21 heavy (non-hydrogen) atoms. The molecule has 0 bridgehead atoms. The van der Waals surface area contributed by atoms with Crippen molar-refractivity contribution in [2.24, 2.45) is 0 Å². The molecule has 0 spiro atoms. The molecule has 2 heterocycles. The van der Waals surface area contributed by atoms with Crippen molar-refractivity contribution >= 4 is 35.3 Å². The van der Waals surface area contributed by atoms with E-state index in [1.54, 1.807) is 17.5 Å². The topological polar surface area (TPSA) is 63.2 Å². The van der Waals surface area contributed by atoms with Crippen LogP contribution in [-0.4, -0.2) is 36.7 Å². The molecule has 1 saturated heterocycles. The first-order chi connectivity index (χ1) is 9.83. The van der Waals surface area contributed by atoms with Gasteiger partial charge < -0.3 is 15.4 Å². The van der Waals surface area contributed by atoms with Crippen molar-refractivity contribution in [1.82, 2.24) is 10.3 Å². The fourth-order valence-corrected chi connectivity index (χ4v) is 2.67. The Morgan fingerprint density at radius 1 is 1.38 bits per heavy atom. The Bertz CT molecular complexity index is 568. The summed E-state index contributed by atoms with van der Waals surface area (Å²) in [6, 6.07) is 7.41. The number of aromatic nitrogens is 1. The minimum absolute atomic E-state index is 0. The van der Waals surface area contributed by atoms with Crippen molar-refractivity contribution in [3.8, 4) is 10.6 Å². The van der Waals surface area contributed by atoms with E-state index in [2.05, 4.69) is 15.6 Å². The van der Waals surface area contributed by atoms with Gasteiger partial charge in [0, 0.05) is 29.4 Å². The van der Waals surface area contributed by atoms with Gasteiger partial charge in [-0.1, -0.05) is 0 Å². The highest BCUT2D eigenvalue weighted by atomic mass is 35.5. The highest BCUT2D eigenvalue weighted by Gasteiger charge is 2.20. The summed E-state index contributed by atoms with van der Waals surface area (Å²) in [4.78, 5) is 16.3. The van der Waals surface area contributed by atoms with Crippen molar-refractivity contribution in [2.75, 3.05) is 25.1 Å². The number of anilines is 1. The summed E-state index contributed by atoms with van der Waals surface area (Å²) < 4.78 is 5.28. The highest BCUT2D eigenvalue weighted by Crippen LogP contribution is 2.23. The Kier molecular flexibility index (Phi) is 5.69. The summed E-state index contributed by atoms with van der Waals surface area (Å²) in [7, 11) is 0. The number of hydrogen-bond acceptors (Lipinski definition) is 5. The minimum Gasteiger partial charge on any atom is -0.378 e. The number of carbonyl (C=O) groups excluding carboxylic acids is 1. The van der Waals surface area contributed by atoms with E-state index in [-0.39, 0.29) is 24.4 Å². The third kappa shape index (κ3) is 4.01. The zero-order valence-corrected chi connectivity index (χ0v) is 12.9. The molecule has 1 aliphatic heterocycles. The number of thiazole rings is 1. The fraction of sp³-hybridized carbons (Fsp3) is 0.286. The van der Waals surface area contributed by atoms with Gasteiger partial charge in [0.2, 0.25) is 5.91 Å². The Morgan fingerprint density at radius 2 is 2.19 bits per heavy atom. The average molecular weight is 326 g/mol. The molecule has 0 saturated carbocycles. The minimum atomic E-state index is -0.276. The third-order valence-electron chi connectivity index (χ3n) is 3.07. The van der Waals surface area contributed by atoms with E-state index in [1.807, 2.05) is 29.6 Å². The molecule has 112 valence electrons. The van der Waals surface area contributed by atoms with Crippen molar-refractivity contribution in [1.29, 1.82) is 0 Å². The van der Waals surface area contributed by atoms with Gasteiger partial charge in [0.05, 0.1) is 13.2 Å². The van der Waals surface area contributed by atoms with E-state index in [9.17, 15) is 4.79 Å². The molecule has 2 aromatic rings. The Morgan fingerprint density at radius 3 is 2.81 bits per heavy atom. The summed E-state index contributed by atoms with van der Waals surface area (Å²) in [6.45, 7) is 1.79. The lowest BCUT2D eigenvalue weighted by molar-refractivity contribution is -0.120. The number of ether oxygens (including phenoxy) is 1. The Balaban J connectivity index is 0.00000161. The van der Waals surface area contributed by atoms with Crippen LogP contribution in [0.25, 0.3) is 10.6 Å². The van der Waals surface area contributed by atoms with Crippen LogP contribution >= 0.6 is 23.7 Å². The molecule has 1 amide bonds. The molecule has 2 N–H and O–H groups in total. The number of carbonyl (C=O) groups is 1. The van der Waals surface area contributed by atoms with Gasteiger partial charge in [-0.25, -0.2) is 4.98 Å². The van der Waals surface area contributed by atoms with Gasteiger partial charge in [-0.05, 0) is 24.3 Å². The number of halogens is 1. The molecule has 1 aliphatic rings. The number of benzene rings is 1. The molecule has 1 unspecified atom stereocenters. The van der Waals surface area contributed by atoms with Crippen LogP contribution in [0.5, 0.6) is 0 Å². The Labute approximate surface area is 133 Å². The smallest absolute Gasteiger partial charge is 0.243 e. The van der Waals surface area contributed by atoms with Gasteiger partial charge in [-0.15, -0.1) is 23.7 Å². The number of hydrogen-bond donors (Lipinski definition) is 2. The van der Waals surface area contributed by atoms with Gasteiger partial charge in [0.25, 0.3) is 0 Å². The zero-order valence-electron chi connectivity index (χ0n) is 11.2. The molecule has 1 aromatic carbocycles. The first-order valence-electron chi connectivity index (χ1n) is 6.45. The largest absolute Gasteiger partial charge is 0.378 e. The van der Waals surface area contributed by atoms with Gasteiger partial charge in [0.15, 0.2) is 0 Å². The van der Waals surface area contributed by atoms with Crippen LogP contribution < -0.4 is 10.6 Å². The molecule has 3 rings (SSSR count). The molecule has 1 aromatic heterocycles. The van der Waals surface area contributed by atoms with Crippen molar-refractivity contribution in [3.63, 3.8) is 0 Å². The van der Waals surface area contributed by atoms with E-state index in [4.69, 9.17) is 4.74 Å². The number of nitrogens with zero attached hydrogens (tertiary/aromatic N) is 1. The highest BCUT2D eigenvalue weighted by molar-refractivity contribution is 7.13. The van der Waals surface area contributed by atoms with E-state index < -0.39 is 0 Å². The number of morpholine rings is 1. The molecule has 1 fully saturated rings. The molecule has 5 nitrogen and oxygen atoms in total. The van der Waals surface area contributed by atoms with E-state index in [0.717, 1.165) is 16.3 Å². The lowest BCUT2D eigenvalue weighted by Gasteiger charge is -2.22. The first kappa shape index (κ1) is 15.9. The maximum Gasteiger partial charge on any atom is 0.243 e. The standard InChI is InChI=1S/C14H15N3O2S.ClH/c18-13(12-9-19-7-5-15-12)17-11-3-1-10(2-4-11)14-16-6-8-20-14;/h1-4,6,8,12,15H,5,7,9H2,(H,17,18);1H.